The molecule has 9 heteroatoms. The van der Waals surface area contributed by atoms with E-state index in [0.717, 1.165) is 25.7 Å². The maximum absolute atomic E-state index is 13.1. The van der Waals surface area contributed by atoms with Gasteiger partial charge in [0.25, 0.3) is 0 Å². The normalized spacial score (nSPS) is 20.6. The van der Waals surface area contributed by atoms with Crippen LogP contribution in [0.2, 0.25) is 0 Å². The van der Waals surface area contributed by atoms with Gasteiger partial charge in [0.15, 0.2) is 5.82 Å². The van der Waals surface area contributed by atoms with Crippen LogP contribution in [-0.2, 0) is 14.4 Å². The Hall–Kier alpha value is -2.55. The van der Waals surface area contributed by atoms with Crippen molar-refractivity contribution in [1.82, 2.24) is 20.2 Å². The molecular formula is C18H25N5O4. The molecule has 9 nitrogen and oxygen atoms in total. The molecule has 1 aromatic heterocycles. The van der Waals surface area contributed by atoms with Gasteiger partial charge in [-0.1, -0.05) is 19.3 Å². The zero-order valence-corrected chi connectivity index (χ0v) is 15.2. The highest BCUT2D eigenvalue weighted by Crippen LogP contribution is 2.34. The predicted molar refractivity (Wildman–Crippen MR) is 95.4 cm³/mol. The second kappa shape index (κ2) is 8.90. The van der Waals surface area contributed by atoms with Crippen molar-refractivity contribution in [2.24, 2.45) is 11.8 Å². The van der Waals surface area contributed by atoms with E-state index in [1.807, 2.05) is 0 Å². The summed E-state index contributed by atoms with van der Waals surface area (Å²) in [7, 11) is 0. The summed E-state index contributed by atoms with van der Waals surface area (Å²) in [6.45, 7) is 0.443. The van der Waals surface area contributed by atoms with Gasteiger partial charge in [-0.05, 0) is 37.3 Å². The Labute approximate surface area is 157 Å². The number of carbonyl (C=O) groups excluding carboxylic acids is 3. The van der Waals surface area contributed by atoms with E-state index in [4.69, 9.17) is 0 Å². The molecule has 0 aromatic carbocycles. The van der Waals surface area contributed by atoms with Crippen molar-refractivity contribution < 1.29 is 19.6 Å². The molecule has 1 aliphatic heterocycles. The molecule has 1 aromatic rings. The number of rotatable bonds is 8. The van der Waals surface area contributed by atoms with Crippen molar-refractivity contribution in [1.29, 1.82) is 0 Å². The van der Waals surface area contributed by atoms with Gasteiger partial charge in [0.1, 0.15) is 6.04 Å². The highest BCUT2D eigenvalue weighted by atomic mass is 16.5. The number of likely N-dealkylation sites (tertiary alicyclic amines) is 1. The van der Waals surface area contributed by atoms with E-state index in [-0.39, 0.29) is 18.4 Å². The average Bonchev–Trinajstić information content (AvgIpc) is 3.13. The number of carbonyl (C=O) groups is 3. The van der Waals surface area contributed by atoms with Gasteiger partial charge in [-0.2, -0.15) is 5.10 Å². The van der Waals surface area contributed by atoms with Crippen molar-refractivity contribution in [3.63, 3.8) is 0 Å². The molecule has 0 radical (unpaired) electrons. The minimum Gasteiger partial charge on any atom is -0.330 e. The molecule has 27 heavy (non-hydrogen) atoms. The van der Waals surface area contributed by atoms with E-state index in [1.54, 1.807) is 17.0 Å². The van der Waals surface area contributed by atoms with Crippen LogP contribution >= 0.6 is 0 Å². The molecule has 2 heterocycles. The highest BCUT2D eigenvalue weighted by molar-refractivity contribution is 5.97. The third-order valence-corrected chi connectivity index (χ3v) is 5.38. The summed E-state index contributed by atoms with van der Waals surface area (Å²) in [5.74, 6) is -0.196. The third-order valence-electron chi connectivity index (χ3n) is 5.38. The molecule has 146 valence electrons. The quantitative estimate of drug-likeness (QED) is 0.399. The number of hydrogen-bond acceptors (Lipinski definition) is 6. The Kier molecular flexibility index (Phi) is 6.33. The Morgan fingerprint density at radius 1 is 1.37 bits per heavy atom. The van der Waals surface area contributed by atoms with Gasteiger partial charge in [0, 0.05) is 12.7 Å². The van der Waals surface area contributed by atoms with Crippen molar-refractivity contribution >= 4 is 24.0 Å². The molecule has 3 amide bonds. The van der Waals surface area contributed by atoms with E-state index in [2.05, 4.69) is 15.5 Å². The molecule has 2 unspecified atom stereocenters. The SMILES string of the molecule is O=CN(O)CC(CC1CCC1)C(=O)N1CCCC1C(=O)Nc1cccnn1. The van der Waals surface area contributed by atoms with Crippen molar-refractivity contribution in [2.75, 3.05) is 18.4 Å². The van der Waals surface area contributed by atoms with Gasteiger partial charge in [-0.15, -0.1) is 5.10 Å². The molecule has 2 N–H and O–H groups in total. The van der Waals surface area contributed by atoms with Crippen LogP contribution in [0.15, 0.2) is 18.3 Å². The Morgan fingerprint density at radius 3 is 2.81 bits per heavy atom. The first-order valence-electron chi connectivity index (χ1n) is 9.38. The van der Waals surface area contributed by atoms with Crippen LogP contribution in [0.1, 0.15) is 38.5 Å². The van der Waals surface area contributed by atoms with Crippen LogP contribution in [0.5, 0.6) is 0 Å². The first-order chi connectivity index (χ1) is 13.1. The van der Waals surface area contributed by atoms with E-state index < -0.39 is 12.0 Å². The van der Waals surface area contributed by atoms with Gasteiger partial charge in [-0.25, -0.2) is 5.06 Å². The first kappa shape index (κ1) is 19.2. The van der Waals surface area contributed by atoms with Crippen molar-refractivity contribution in [2.45, 2.75) is 44.6 Å². The smallest absolute Gasteiger partial charge is 0.248 e. The molecule has 0 spiro atoms. The second-order valence-electron chi connectivity index (χ2n) is 7.24. The minimum atomic E-state index is -0.577. The topological polar surface area (TPSA) is 116 Å². The maximum atomic E-state index is 13.1. The van der Waals surface area contributed by atoms with Crippen LogP contribution in [-0.4, -0.2) is 62.7 Å². The average molecular weight is 375 g/mol. The number of hydrogen-bond donors (Lipinski definition) is 2. The largest absolute Gasteiger partial charge is 0.330 e. The van der Waals surface area contributed by atoms with E-state index in [9.17, 15) is 19.6 Å². The summed E-state index contributed by atoms with van der Waals surface area (Å²) in [5.41, 5.74) is 0. The zero-order chi connectivity index (χ0) is 19.2. The third kappa shape index (κ3) is 4.79. The Balaban J connectivity index is 1.67. The van der Waals surface area contributed by atoms with Crippen LogP contribution in [0, 0.1) is 11.8 Å². The van der Waals surface area contributed by atoms with E-state index in [0.29, 0.717) is 42.6 Å². The maximum Gasteiger partial charge on any atom is 0.248 e. The standard InChI is InChI=1S/C18H25N5O4/c24-12-22(27)11-14(10-13-4-1-5-13)18(26)23-9-3-6-15(23)17(25)20-16-7-2-8-19-21-16/h2,7-8,12-15,27H,1,3-6,9-11H2,(H,20,21,25). The Bertz CT molecular complexity index is 667. The number of hydroxylamine groups is 2. The lowest BCUT2D eigenvalue weighted by Crippen LogP contribution is -2.48. The summed E-state index contributed by atoms with van der Waals surface area (Å²) in [6.07, 6.45) is 7.03. The fourth-order valence-corrected chi connectivity index (χ4v) is 3.77. The van der Waals surface area contributed by atoms with Gasteiger partial charge in [0.05, 0.1) is 12.5 Å². The van der Waals surface area contributed by atoms with Crippen molar-refractivity contribution in [3.8, 4) is 0 Å². The summed E-state index contributed by atoms with van der Waals surface area (Å²) in [5, 5.41) is 20.4. The van der Waals surface area contributed by atoms with E-state index in [1.165, 1.54) is 6.20 Å². The summed E-state index contributed by atoms with van der Waals surface area (Å²) >= 11 is 0. The van der Waals surface area contributed by atoms with Gasteiger partial charge in [-0.3, -0.25) is 19.6 Å². The fraction of sp³-hybridized carbons (Fsp3) is 0.611. The molecule has 1 saturated heterocycles. The van der Waals surface area contributed by atoms with Gasteiger partial charge in [0.2, 0.25) is 18.2 Å². The molecule has 2 fully saturated rings. The number of nitrogens with zero attached hydrogens (tertiary/aromatic N) is 4. The second-order valence-corrected chi connectivity index (χ2v) is 7.24. The minimum absolute atomic E-state index is 0.0478. The number of amides is 3. The molecule has 1 saturated carbocycles. The lowest BCUT2D eigenvalue weighted by molar-refractivity contribution is -0.158. The number of nitrogens with one attached hydrogen (secondary N) is 1. The monoisotopic (exact) mass is 375 g/mol. The molecule has 3 rings (SSSR count). The fourth-order valence-electron chi connectivity index (χ4n) is 3.77. The Morgan fingerprint density at radius 2 is 2.19 bits per heavy atom. The predicted octanol–water partition coefficient (Wildman–Crippen LogP) is 1.06. The van der Waals surface area contributed by atoms with Crippen LogP contribution in [0.4, 0.5) is 5.82 Å². The van der Waals surface area contributed by atoms with Crippen LogP contribution in [0.25, 0.3) is 0 Å². The van der Waals surface area contributed by atoms with E-state index >= 15 is 0 Å². The molecule has 2 atom stereocenters. The van der Waals surface area contributed by atoms with Gasteiger partial charge < -0.3 is 10.2 Å². The lowest BCUT2D eigenvalue weighted by Gasteiger charge is -2.33. The molecule has 1 aliphatic carbocycles. The summed E-state index contributed by atoms with van der Waals surface area (Å²) in [6, 6.07) is 2.73. The highest BCUT2D eigenvalue weighted by Gasteiger charge is 2.39. The number of aromatic nitrogens is 2. The summed E-state index contributed by atoms with van der Waals surface area (Å²) in [4.78, 5) is 38.1. The molecule has 2 aliphatic rings. The molecular weight excluding hydrogens is 350 g/mol. The van der Waals surface area contributed by atoms with Crippen LogP contribution in [0.3, 0.4) is 0 Å². The first-order valence-corrected chi connectivity index (χ1v) is 9.38. The van der Waals surface area contributed by atoms with Gasteiger partial charge >= 0.3 is 0 Å². The summed E-state index contributed by atoms with van der Waals surface area (Å²) < 4.78 is 0. The lowest BCUT2D eigenvalue weighted by atomic mass is 9.78. The zero-order valence-electron chi connectivity index (χ0n) is 15.2. The van der Waals surface area contributed by atoms with Crippen LogP contribution < -0.4 is 5.32 Å². The van der Waals surface area contributed by atoms with Crippen molar-refractivity contribution in [3.05, 3.63) is 18.3 Å². The molecule has 0 bridgehead atoms. The number of anilines is 1.